The molecule has 3 atom stereocenters. The second-order valence-corrected chi connectivity index (χ2v) is 14.2. The first-order chi connectivity index (χ1) is 23.8. The van der Waals surface area contributed by atoms with E-state index in [0.29, 0.717) is 5.92 Å². The molecule has 0 radical (unpaired) electrons. The van der Waals surface area contributed by atoms with E-state index in [4.69, 9.17) is 0 Å². The molecule has 0 N–H and O–H groups in total. The summed E-state index contributed by atoms with van der Waals surface area (Å²) in [6.07, 6.45) is 17.6. The van der Waals surface area contributed by atoms with Gasteiger partial charge in [0.15, 0.2) is 5.78 Å². The monoisotopic (exact) mass is 689 g/mol. The Balaban J connectivity index is -0.00000124. The number of hydrogen-bond donors (Lipinski definition) is 0. The Morgan fingerprint density at radius 1 is 0.800 bits per heavy atom. The number of aryl methyl sites for hydroxylation is 3. The molecule has 50 heavy (non-hydrogen) atoms. The van der Waals surface area contributed by atoms with E-state index in [1.54, 1.807) is 13.0 Å². The van der Waals surface area contributed by atoms with E-state index in [2.05, 4.69) is 118 Å². The van der Waals surface area contributed by atoms with Crippen molar-refractivity contribution >= 4 is 5.78 Å². The number of carbonyl (C=O) groups is 1. The van der Waals surface area contributed by atoms with Crippen LogP contribution in [0.5, 0.6) is 0 Å². The Labute approximate surface area is 314 Å². The van der Waals surface area contributed by atoms with Gasteiger partial charge in [0, 0.05) is 0 Å². The predicted molar refractivity (Wildman–Crippen MR) is 231 cm³/mol. The predicted octanol–water partition coefficient (Wildman–Crippen LogP) is 16.2. The highest BCUT2D eigenvalue weighted by atomic mass is 16.1. The summed E-state index contributed by atoms with van der Waals surface area (Å²) in [5.41, 5.74) is 9.35. The summed E-state index contributed by atoms with van der Waals surface area (Å²) in [6.45, 7) is 39.2. The van der Waals surface area contributed by atoms with Crippen molar-refractivity contribution < 1.29 is 4.79 Å². The van der Waals surface area contributed by atoms with Gasteiger partial charge in [0.25, 0.3) is 0 Å². The molecule has 0 saturated carbocycles. The van der Waals surface area contributed by atoms with Gasteiger partial charge in [0.05, 0.1) is 0 Å². The summed E-state index contributed by atoms with van der Waals surface area (Å²) < 4.78 is 0. The minimum atomic E-state index is 0.155. The van der Waals surface area contributed by atoms with E-state index >= 15 is 0 Å². The molecular formula is C49H84O. The average Bonchev–Trinajstić information content (AvgIpc) is 3.08. The number of benzene rings is 2. The van der Waals surface area contributed by atoms with Gasteiger partial charge in [-0.1, -0.05) is 161 Å². The van der Waals surface area contributed by atoms with Crippen LogP contribution in [0.3, 0.4) is 0 Å². The molecule has 0 spiro atoms. The summed E-state index contributed by atoms with van der Waals surface area (Å²) in [5, 5.41) is 0. The van der Waals surface area contributed by atoms with Crippen molar-refractivity contribution in [1.82, 2.24) is 0 Å². The van der Waals surface area contributed by atoms with E-state index in [-0.39, 0.29) is 5.78 Å². The van der Waals surface area contributed by atoms with E-state index in [1.165, 1.54) is 104 Å². The first-order valence-electron chi connectivity index (χ1n) is 20.3. The number of ketones is 1. The molecule has 286 valence electrons. The van der Waals surface area contributed by atoms with Gasteiger partial charge in [-0.2, -0.15) is 0 Å². The molecule has 1 nitrogen and oxygen atoms in total. The lowest BCUT2D eigenvalue weighted by Crippen LogP contribution is -2.15. The van der Waals surface area contributed by atoms with Crippen molar-refractivity contribution in [2.24, 2.45) is 23.7 Å². The highest BCUT2D eigenvalue weighted by molar-refractivity contribution is 5.92. The molecule has 3 unspecified atom stereocenters. The first kappa shape index (κ1) is 51.7. The zero-order chi connectivity index (χ0) is 39.1. The molecule has 0 amide bonds. The van der Waals surface area contributed by atoms with E-state index in [9.17, 15) is 4.79 Å². The lowest BCUT2D eigenvalue weighted by molar-refractivity contribution is -0.113. The molecule has 0 aliphatic carbocycles. The quantitative estimate of drug-likeness (QED) is 0.119. The summed E-state index contributed by atoms with van der Waals surface area (Å²) in [7, 11) is 0. The van der Waals surface area contributed by atoms with Gasteiger partial charge in [-0.25, -0.2) is 0 Å². The average molecular weight is 689 g/mol. The smallest absolute Gasteiger partial charge is 0.155 e. The Kier molecular flexibility index (Phi) is 34.6. The molecule has 2 aromatic rings. The molecule has 0 aliphatic heterocycles. The van der Waals surface area contributed by atoms with Crippen LogP contribution in [0, 0.1) is 30.6 Å². The molecule has 0 heterocycles. The molecule has 0 aliphatic rings. The maximum atomic E-state index is 10.3. The van der Waals surface area contributed by atoms with Crippen molar-refractivity contribution in [3.63, 3.8) is 0 Å². The summed E-state index contributed by atoms with van der Waals surface area (Å²) in [6, 6.07) is 16.5. The number of rotatable bonds is 17. The molecule has 0 saturated heterocycles. The molecule has 2 rings (SSSR count). The Morgan fingerprint density at radius 3 is 1.76 bits per heavy atom. The minimum absolute atomic E-state index is 0.155. The van der Waals surface area contributed by atoms with Crippen LogP contribution in [0.4, 0.5) is 0 Å². The van der Waals surface area contributed by atoms with Gasteiger partial charge in [-0.15, -0.1) is 6.58 Å². The normalized spacial score (nSPS) is 12.3. The maximum absolute atomic E-state index is 10.3. The Morgan fingerprint density at radius 2 is 1.32 bits per heavy atom. The number of carbonyl (C=O) groups excluding carboxylic acids is 1. The first-order valence-corrected chi connectivity index (χ1v) is 20.3. The van der Waals surface area contributed by atoms with Crippen LogP contribution in [0.1, 0.15) is 171 Å². The van der Waals surface area contributed by atoms with Crippen molar-refractivity contribution in [1.29, 1.82) is 0 Å². The number of Topliss-reactive ketones (excluding diaryl/α,β-unsaturated/α-hetero) is 1. The third-order valence-electron chi connectivity index (χ3n) is 9.22. The van der Waals surface area contributed by atoms with Crippen molar-refractivity contribution in [2.45, 2.75) is 174 Å². The molecule has 0 bridgehead atoms. The topological polar surface area (TPSA) is 17.1 Å². The third-order valence-corrected chi connectivity index (χ3v) is 9.22. The Bertz CT molecular complexity index is 1160. The third kappa shape index (κ3) is 24.5. The molecular weight excluding hydrogens is 605 g/mol. The maximum Gasteiger partial charge on any atom is 0.155 e. The van der Waals surface area contributed by atoms with Gasteiger partial charge in [-0.3, -0.25) is 4.79 Å². The zero-order valence-corrected chi connectivity index (χ0v) is 36.1. The zero-order valence-electron chi connectivity index (χ0n) is 36.1. The van der Waals surface area contributed by atoms with Crippen LogP contribution in [0.2, 0.25) is 0 Å². The van der Waals surface area contributed by atoms with Crippen molar-refractivity contribution in [3.8, 4) is 11.1 Å². The van der Waals surface area contributed by atoms with Crippen LogP contribution in [-0.2, 0) is 17.6 Å². The molecule has 2 aromatic carbocycles. The largest absolute Gasteiger partial charge is 0.295 e. The van der Waals surface area contributed by atoms with Crippen LogP contribution in [0.25, 0.3) is 11.1 Å². The fraction of sp³-hybridized carbons (Fsp3) is 0.612. The standard InChI is InChI=1S/C35H54.C6H10O.C3H8.C3H6.C2H6/c1-9-13-30(14-10-2)21-22-32-20-18-28(7)35(25-32)33-16-12-15-31(24-33)19-17-27(6)23-29(8)34(11-3)26(4)5;1-4-5(2)6(3)7;2*1-3-2;1-2/h12,15-16,18,20,24-25,27,29-30,34H,4,9-11,13-14,17,19,21-23H2,1-3,5-8H3;4H,1-3H3;3H2,1-2H3;3H,1H2,2H3;1-2H3/b;5-4+;;;. The minimum Gasteiger partial charge on any atom is -0.295 e. The highest BCUT2D eigenvalue weighted by Gasteiger charge is 2.18. The van der Waals surface area contributed by atoms with Gasteiger partial charge in [0.2, 0.25) is 0 Å². The Hall–Kier alpha value is -2.67. The molecule has 0 fully saturated rings. The second-order valence-electron chi connectivity index (χ2n) is 14.2. The van der Waals surface area contributed by atoms with Gasteiger partial charge in [0.1, 0.15) is 0 Å². The fourth-order valence-corrected chi connectivity index (χ4v) is 6.42. The van der Waals surface area contributed by atoms with Gasteiger partial charge < -0.3 is 0 Å². The summed E-state index contributed by atoms with van der Waals surface area (Å²) >= 11 is 0. The van der Waals surface area contributed by atoms with Gasteiger partial charge >= 0.3 is 0 Å². The van der Waals surface area contributed by atoms with Gasteiger partial charge in [-0.05, 0) is 137 Å². The van der Waals surface area contributed by atoms with Crippen LogP contribution < -0.4 is 0 Å². The lowest BCUT2D eigenvalue weighted by Gasteiger charge is -2.26. The van der Waals surface area contributed by atoms with Crippen LogP contribution in [-0.4, -0.2) is 5.78 Å². The highest BCUT2D eigenvalue weighted by Crippen LogP contribution is 2.31. The van der Waals surface area contributed by atoms with Crippen LogP contribution in [0.15, 0.2) is 78.9 Å². The summed E-state index contributed by atoms with van der Waals surface area (Å²) in [5.74, 6) is 3.16. The molecule has 1 heteroatoms. The lowest BCUT2D eigenvalue weighted by atomic mass is 9.80. The number of allylic oxidation sites excluding steroid dienone is 4. The summed E-state index contributed by atoms with van der Waals surface area (Å²) in [4.78, 5) is 10.3. The van der Waals surface area contributed by atoms with Crippen molar-refractivity contribution in [2.75, 3.05) is 0 Å². The van der Waals surface area contributed by atoms with E-state index in [0.717, 1.165) is 23.3 Å². The van der Waals surface area contributed by atoms with E-state index < -0.39 is 0 Å². The van der Waals surface area contributed by atoms with Crippen LogP contribution >= 0.6 is 0 Å². The fourth-order valence-electron chi connectivity index (χ4n) is 6.42. The molecule has 0 aromatic heterocycles. The SMILES string of the molecule is C/C=C(\C)C(C)=O.C=C(C)C(CC)C(C)CC(C)CCc1cccc(-c2cc(CCC(CCC)CCC)ccc2C)c1.C=CC.CC.CCC. The van der Waals surface area contributed by atoms with Crippen molar-refractivity contribution in [3.05, 3.63) is 95.6 Å². The second kappa shape index (κ2) is 33.5. The van der Waals surface area contributed by atoms with E-state index in [1.807, 2.05) is 40.7 Å². The number of hydrogen-bond acceptors (Lipinski definition) is 1.